The van der Waals surface area contributed by atoms with Gasteiger partial charge in [-0.3, -0.25) is 4.79 Å². The van der Waals surface area contributed by atoms with Crippen molar-refractivity contribution in [1.82, 2.24) is 15.1 Å². The van der Waals surface area contributed by atoms with Crippen molar-refractivity contribution >= 4 is 5.91 Å². The van der Waals surface area contributed by atoms with Gasteiger partial charge in [-0.05, 0) is 57.5 Å². The number of amides is 1. The van der Waals surface area contributed by atoms with Gasteiger partial charge in [-0.2, -0.15) is 0 Å². The molecule has 28 heavy (non-hydrogen) atoms. The van der Waals surface area contributed by atoms with E-state index in [9.17, 15) is 4.79 Å². The van der Waals surface area contributed by atoms with Crippen LogP contribution in [0.4, 0.5) is 0 Å². The molecular weight excluding hydrogens is 354 g/mol. The fraction of sp³-hybridized carbons (Fsp3) is 0.318. The molecule has 0 aliphatic carbocycles. The van der Waals surface area contributed by atoms with E-state index in [1.54, 1.807) is 19.1 Å². The molecule has 3 rings (SSSR count). The van der Waals surface area contributed by atoms with Crippen LogP contribution in [-0.4, -0.2) is 32.6 Å². The Morgan fingerprint density at radius 2 is 1.79 bits per heavy atom. The highest BCUT2D eigenvalue weighted by Gasteiger charge is 2.31. The van der Waals surface area contributed by atoms with Crippen LogP contribution in [0.3, 0.4) is 0 Å². The Morgan fingerprint density at radius 1 is 1.11 bits per heavy atom. The van der Waals surface area contributed by atoms with Crippen LogP contribution >= 0.6 is 0 Å². The Balaban J connectivity index is 1.70. The molecular formula is C22H25N3O3. The van der Waals surface area contributed by atoms with E-state index in [1.807, 2.05) is 68.1 Å². The first kappa shape index (κ1) is 19.6. The monoisotopic (exact) mass is 379 g/mol. The molecule has 0 radical (unpaired) electrons. The smallest absolute Gasteiger partial charge is 0.264 e. The summed E-state index contributed by atoms with van der Waals surface area (Å²) in [5, 5.41) is 7.55. The van der Waals surface area contributed by atoms with Gasteiger partial charge in [0.05, 0.1) is 0 Å². The van der Waals surface area contributed by atoms with Gasteiger partial charge in [-0.25, -0.2) is 0 Å². The highest BCUT2D eigenvalue weighted by Crippen LogP contribution is 2.23. The molecule has 3 aromatic rings. The Kier molecular flexibility index (Phi) is 5.78. The summed E-state index contributed by atoms with van der Waals surface area (Å²) in [5.41, 5.74) is 1.55. The Labute approximate surface area is 165 Å². The van der Waals surface area contributed by atoms with Crippen LogP contribution in [0.15, 0.2) is 65.4 Å². The minimum atomic E-state index is -0.614. The number of benzene rings is 2. The molecule has 0 spiro atoms. The number of hydrogen-bond acceptors (Lipinski definition) is 5. The van der Waals surface area contributed by atoms with Gasteiger partial charge in [-0.15, -0.1) is 10.2 Å². The lowest BCUT2D eigenvalue weighted by molar-refractivity contribution is -0.143. The van der Waals surface area contributed by atoms with Gasteiger partial charge in [0, 0.05) is 17.6 Å². The summed E-state index contributed by atoms with van der Waals surface area (Å²) in [4.78, 5) is 15.0. The zero-order valence-corrected chi connectivity index (χ0v) is 16.6. The first-order valence-electron chi connectivity index (χ1n) is 9.23. The van der Waals surface area contributed by atoms with Gasteiger partial charge in [-0.1, -0.05) is 30.3 Å². The van der Waals surface area contributed by atoms with Gasteiger partial charge < -0.3 is 14.1 Å². The van der Waals surface area contributed by atoms with Crippen LogP contribution in [0.5, 0.6) is 5.75 Å². The number of hydrogen-bond donors (Lipinski definition) is 0. The minimum Gasteiger partial charge on any atom is -0.481 e. The van der Waals surface area contributed by atoms with E-state index in [0.29, 0.717) is 18.2 Å². The first-order valence-corrected chi connectivity index (χ1v) is 9.23. The molecule has 1 amide bonds. The SMILES string of the molecule is C[C@H](Oc1ccc(-c2nnco2)cc1)C(=O)N(Cc1ccccc1)C(C)(C)C. The van der Waals surface area contributed by atoms with Crippen LogP contribution in [0, 0.1) is 0 Å². The minimum absolute atomic E-state index is 0.0580. The van der Waals surface area contributed by atoms with E-state index < -0.39 is 6.10 Å². The molecule has 0 saturated heterocycles. The third-order valence-electron chi connectivity index (χ3n) is 4.38. The van der Waals surface area contributed by atoms with E-state index in [1.165, 1.54) is 6.39 Å². The van der Waals surface area contributed by atoms with Gasteiger partial charge in [0.15, 0.2) is 6.10 Å². The predicted octanol–water partition coefficient (Wildman–Crippen LogP) is 4.33. The second-order valence-corrected chi connectivity index (χ2v) is 7.61. The van der Waals surface area contributed by atoms with Crippen molar-refractivity contribution in [2.24, 2.45) is 0 Å². The summed E-state index contributed by atoms with van der Waals surface area (Å²) in [5.74, 6) is 0.993. The molecule has 6 nitrogen and oxygen atoms in total. The largest absolute Gasteiger partial charge is 0.481 e. The zero-order valence-electron chi connectivity index (χ0n) is 16.6. The van der Waals surface area contributed by atoms with E-state index in [4.69, 9.17) is 9.15 Å². The average molecular weight is 379 g/mol. The van der Waals surface area contributed by atoms with Gasteiger partial charge in [0.2, 0.25) is 12.3 Å². The van der Waals surface area contributed by atoms with Crippen LogP contribution in [-0.2, 0) is 11.3 Å². The van der Waals surface area contributed by atoms with Crippen molar-refractivity contribution in [2.75, 3.05) is 0 Å². The summed E-state index contributed by atoms with van der Waals surface area (Å²) in [6, 6.07) is 17.2. The van der Waals surface area contributed by atoms with E-state index >= 15 is 0 Å². The molecule has 0 N–H and O–H groups in total. The maximum absolute atomic E-state index is 13.1. The second kappa shape index (κ2) is 8.25. The summed E-state index contributed by atoms with van der Waals surface area (Å²) >= 11 is 0. The molecule has 1 heterocycles. The van der Waals surface area contributed by atoms with Crippen LogP contribution in [0.25, 0.3) is 11.5 Å². The molecule has 2 aromatic carbocycles. The normalized spacial score (nSPS) is 12.4. The van der Waals surface area contributed by atoms with Gasteiger partial charge in [0.1, 0.15) is 5.75 Å². The van der Waals surface area contributed by atoms with Crippen molar-refractivity contribution in [2.45, 2.75) is 45.9 Å². The summed E-state index contributed by atoms with van der Waals surface area (Å²) < 4.78 is 11.1. The molecule has 6 heteroatoms. The molecule has 0 bridgehead atoms. The second-order valence-electron chi connectivity index (χ2n) is 7.61. The number of nitrogens with zero attached hydrogens (tertiary/aromatic N) is 3. The van der Waals surface area contributed by atoms with Crippen molar-refractivity contribution in [3.63, 3.8) is 0 Å². The topological polar surface area (TPSA) is 68.5 Å². The summed E-state index contributed by atoms with van der Waals surface area (Å²) in [6.45, 7) is 8.39. The number of aromatic nitrogens is 2. The molecule has 1 atom stereocenters. The van der Waals surface area contributed by atoms with Crippen LogP contribution < -0.4 is 4.74 Å². The Bertz CT molecular complexity index is 885. The summed E-state index contributed by atoms with van der Waals surface area (Å²) in [6.07, 6.45) is 0.672. The maximum atomic E-state index is 13.1. The van der Waals surface area contributed by atoms with Crippen LogP contribution in [0.1, 0.15) is 33.3 Å². The Hall–Kier alpha value is -3.15. The molecule has 0 fully saturated rings. The predicted molar refractivity (Wildman–Crippen MR) is 107 cm³/mol. The van der Waals surface area contributed by atoms with E-state index in [2.05, 4.69) is 10.2 Å². The third kappa shape index (κ3) is 4.76. The van der Waals surface area contributed by atoms with Gasteiger partial charge in [0.25, 0.3) is 5.91 Å². The highest BCUT2D eigenvalue weighted by molar-refractivity contribution is 5.81. The number of ether oxygens (including phenoxy) is 1. The third-order valence-corrected chi connectivity index (χ3v) is 4.38. The zero-order chi connectivity index (χ0) is 20.1. The van der Waals surface area contributed by atoms with Crippen molar-refractivity contribution in [3.05, 3.63) is 66.6 Å². The molecule has 0 saturated carbocycles. The van der Waals surface area contributed by atoms with Crippen molar-refractivity contribution in [3.8, 4) is 17.2 Å². The molecule has 0 unspecified atom stereocenters. The lowest BCUT2D eigenvalue weighted by atomic mass is 10.0. The summed E-state index contributed by atoms with van der Waals surface area (Å²) in [7, 11) is 0. The maximum Gasteiger partial charge on any atom is 0.264 e. The van der Waals surface area contributed by atoms with Crippen molar-refractivity contribution < 1.29 is 13.9 Å². The highest BCUT2D eigenvalue weighted by atomic mass is 16.5. The molecule has 146 valence electrons. The number of carbonyl (C=O) groups is 1. The fourth-order valence-electron chi connectivity index (χ4n) is 2.86. The quantitative estimate of drug-likeness (QED) is 0.638. The number of rotatable bonds is 6. The van der Waals surface area contributed by atoms with E-state index in [0.717, 1.165) is 11.1 Å². The van der Waals surface area contributed by atoms with Gasteiger partial charge >= 0.3 is 0 Å². The lowest BCUT2D eigenvalue weighted by Gasteiger charge is -2.37. The Morgan fingerprint density at radius 3 is 2.36 bits per heavy atom. The van der Waals surface area contributed by atoms with Crippen LogP contribution in [0.2, 0.25) is 0 Å². The van der Waals surface area contributed by atoms with E-state index in [-0.39, 0.29) is 11.4 Å². The average Bonchev–Trinajstić information content (AvgIpc) is 3.21. The molecule has 0 aliphatic rings. The van der Waals surface area contributed by atoms with Crippen molar-refractivity contribution in [1.29, 1.82) is 0 Å². The standard InChI is InChI=1S/C22H25N3O3/c1-16(28-19-12-10-18(11-13-19)20-24-23-15-27-20)21(26)25(22(2,3)4)14-17-8-6-5-7-9-17/h5-13,15-16H,14H2,1-4H3/t16-/m0/s1. The fourth-order valence-corrected chi connectivity index (χ4v) is 2.86. The molecule has 0 aliphatic heterocycles. The number of carbonyl (C=O) groups excluding carboxylic acids is 1. The lowest BCUT2D eigenvalue weighted by Crippen LogP contribution is -2.50. The molecule has 1 aromatic heterocycles. The first-order chi connectivity index (χ1) is 13.3.